The van der Waals surface area contributed by atoms with Gasteiger partial charge in [-0.25, -0.2) is 0 Å². The van der Waals surface area contributed by atoms with Crippen molar-refractivity contribution in [1.82, 2.24) is 0 Å². The van der Waals surface area contributed by atoms with Gasteiger partial charge in [0.2, 0.25) is 0 Å². The number of benzene rings is 1. The van der Waals surface area contributed by atoms with E-state index < -0.39 is 11.9 Å². The summed E-state index contributed by atoms with van der Waals surface area (Å²) in [5.41, 5.74) is 1.09. The van der Waals surface area contributed by atoms with Crippen LogP contribution in [0.4, 0.5) is 0 Å². The Kier molecular flexibility index (Phi) is 2.67. The maximum absolute atomic E-state index is 10.0. The predicted molar refractivity (Wildman–Crippen MR) is 60.3 cm³/mol. The fraction of sp³-hybridized carbons (Fsp3) is 0.538. The number of fused-ring (bicyclic) bond motifs is 2. The minimum atomic E-state index is -0.883. The van der Waals surface area contributed by atoms with E-state index in [4.69, 9.17) is 14.2 Å². The third-order valence-corrected chi connectivity index (χ3v) is 3.42. The smallest absolute Gasteiger partial charge is 0.194 e. The summed E-state index contributed by atoms with van der Waals surface area (Å²) in [5.74, 6) is -0.883. The van der Waals surface area contributed by atoms with Gasteiger partial charge in [-0.05, 0) is 12.5 Å². The van der Waals surface area contributed by atoms with Gasteiger partial charge in [-0.2, -0.15) is 0 Å². The quantitative estimate of drug-likeness (QED) is 0.853. The van der Waals surface area contributed by atoms with Gasteiger partial charge in [-0.3, -0.25) is 0 Å². The first-order valence-electron chi connectivity index (χ1n) is 5.84. The summed E-state index contributed by atoms with van der Waals surface area (Å²) in [4.78, 5) is 0. The summed E-state index contributed by atoms with van der Waals surface area (Å²) in [6, 6.07) is 9.90. The first-order valence-corrected chi connectivity index (χ1v) is 5.84. The van der Waals surface area contributed by atoms with Crippen molar-refractivity contribution in [3.63, 3.8) is 0 Å². The Bertz CT molecular complexity index is 394. The molecule has 4 heteroatoms. The Morgan fingerprint density at radius 1 is 1.41 bits per heavy atom. The molecule has 1 N–H and O–H groups in total. The second kappa shape index (κ2) is 4.07. The van der Waals surface area contributed by atoms with E-state index in [1.807, 2.05) is 30.3 Å². The molecule has 4 atom stereocenters. The van der Waals surface area contributed by atoms with Crippen molar-refractivity contribution in [2.24, 2.45) is 0 Å². The van der Waals surface area contributed by atoms with E-state index in [0.717, 1.165) is 5.56 Å². The Balaban J connectivity index is 1.64. The zero-order valence-electron chi connectivity index (χ0n) is 9.70. The average Bonchev–Trinajstić information content (AvgIpc) is 2.83. The summed E-state index contributed by atoms with van der Waals surface area (Å²) in [6.45, 7) is 2.73. The van der Waals surface area contributed by atoms with E-state index in [1.54, 1.807) is 6.92 Å². The summed E-state index contributed by atoms with van der Waals surface area (Å²) in [6.07, 6.45) is -1.17. The molecule has 0 unspecified atom stereocenters. The highest BCUT2D eigenvalue weighted by atomic mass is 16.8. The standard InChI is InChI=1S/C13H16O4/c1-13-12(14)11(10(17-13)8-16-13)15-7-9-5-3-2-4-6-9/h2-6,10-12,14H,7-8H2,1H3/t10-,11-,12+,13-/m1/s1. The monoisotopic (exact) mass is 236 g/mol. The number of aliphatic hydroxyl groups excluding tert-OH is 1. The van der Waals surface area contributed by atoms with Gasteiger partial charge in [-0.1, -0.05) is 30.3 Å². The molecule has 2 aliphatic rings. The van der Waals surface area contributed by atoms with Gasteiger partial charge in [0.15, 0.2) is 5.79 Å². The fourth-order valence-electron chi connectivity index (χ4n) is 2.40. The van der Waals surface area contributed by atoms with Crippen molar-refractivity contribution in [2.45, 2.75) is 37.6 Å². The minimum absolute atomic E-state index is 0.154. The van der Waals surface area contributed by atoms with Gasteiger partial charge in [0.25, 0.3) is 0 Å². The molecule has 2 aliphatic heterocycles. The lowest BCUT2D eigenvalue weighted by Crippen LogP contribution is -2.47. The molecule has 0 aliphatic carbocycles. The van der Waals surface area contributed by atoms with Gasteiger partial charge >= 0.3 is 0 Å². The Labute approximate surface area is 100 Å². The van der Waals surface area contributed by atoms with E-state index in [1.165, 1.54) is 0 Å². The molecule has 4 nitrogen and oxygen atoms in total. The van der Waals surface area contributed by atoms with Crippen LogP contribution in [-0.4, -0.2) is 35.8 Å². The van der Waals surface area contributed by atoms with E-state index in [9.17, 15) is 5.11 Å². The van der Waals surface area contributed by atoms with Gasteiger partial charge in [0.1, 0.15) is 18.3 Å². The molecule has 3 rings (SSSR count). The average molecular weight is 236 g/mol. The maximum Gasteiger partial charge on any atom is 0.194 e. The highest BCUT2D eigenvalue weighted by Crippen LogP contribution is 2.40. The number of hydrogen-bond acceptors (Lipinski definition) is 4. The third-order valence-electron chi connectivity index (χ3n) is 3.42. The van der Waals surface area contributed by atoms with E-state index in [0.29, 0.717) is 13.2 Å². The molecule has 2 bridgehead atoms. The fourth-order valence-corrected chi connectivity index (χ4v) is 2.40. The lowest BCUT2D eigenvalue weighted by atomic mass is 10.0. The zero-order valence-corrected chi connectivity index (χ0v) is 9.70. The minimum Gasteiger partial charge on any atom is -0.385 e. The number of ether oxygens (including phenoxy) is 3. The van der Waals surface area contributed by atoms with Crippen LogP contribution in [0.5, 0.6) is 0 Å². The van der Waals surface area contributed by atoms with Gasteiger partial charge in [-0.15, -0.1) is 0 Å². The largest absolute Gasteiger partial charge is 0.385 e. The van der Waals surface area contributed by atoms with Crippen molar-refractivity contribution in [1.29, 1.82) is 0 Å². The van der Waals surface area contributed by atoms with Crippen molar-refractivity contribution in [3.8, 4) is 0 Å². The normalized spacial score (nSPS) is 39.8. The lowest BCUT2D eigenvalue weighted by Gasteiger charge is -2.29. The van der Waals surface area contributed by atoms with Crippen LogP contribution in [0.1, 0.15) is 12.5 Å². The van der Waals surface area contributed by atoms with Crippen LogP contribution >= 0.6 is 0 Å². The van der Waals surface area contributed by atoms with Crippen molar-refractivity contribution < 1.29 is 19.3 Å². The molecule has 0 saturated carbocycles. The topological polar surface area (TPSA) is 47.9 Å². The Morgan fingerprint density at radius 2 is 2.18 bits per heavy atom. The highest BCUT2D eigenvalue weighted by molar-refractivity contribution is 5.13. The van der Waals surface area contributed by atoms with Gasteiger partial charge in [0, 0.05) is 0 Å². The molecule has 17 heavy (non-hydrogen) atoms. The second-order valence-corrected chi connectivity index (χ2v) is 4.69. The van der Waals surface area contributed by atoms with Crippen LogP contribution in [0, 0.1) is 0 Å². The first kappa shape index (κ1) is 11.2. The summed E-state index contributed by atoms with van der Waals surface area (Å²) in [7, 11) is 0. The van der Waals surface area contributed by atoms with Crippen molar-refractivity contribution in [2.75, 3.05) is 6.61 Å². The van der Waals surface area contributed by atoms with Crippen LogP contribution in [0.2, 0.25) is 0 Å². The van der Waals surface area contributed by atoms with Gasteiger partial charge in [0.05, 0.1) is 13.2 Å². The Hall–Kier alpha value is -0.940. The summed E-state index contributed by atoms with van der Waals surface area (Å²) < 4.78 is 16.7. The molecule has 1 aromatic carbocycles. The Morgan fingerprint density at radius 3 is 2.82 bits per heavy atom. The van der Waals surface area contributed by atoms with Crippen molar-refractivity contribution in [3.05, 3.63) is 35.9 Å². The van der Waals surface area contributed by atoms with Crippen LogP contribution in [0.3, 0.4) is 0 Å². The van der Waals surface area contributed by atoms with E-state index in [-0.39, 0.29) is 12.2 Å². The summed E-state index contributed by atoms with van der Waals surface area (Å²) >= 11 is 0. The molecule has 2 saturated heterocycles. The first-order chi connectivity index (χ1) is 8.19. The summed E-state index contributed by atoms with van der Waals surface area (Å²) in [5, 5.41) is 10.0. The third kappa shape index (κ3) is 1.87. The molecule has 0 radical (unpaired) electrons. The number of hydrogen-bond donors (Lipinski definition) is 1. The molecule has 0 aromatic heterocycles. The maximum atomic E-state index is 10.0. The van der Waals surface area contributed by atoms with Crippen LogP contribution < -0.4 is 0 Å². The molecular weight excluding hydrogens is 220 g/mol. The SMILES string of the molecule is C[C@@]12OC[C@@H](O1)[C@@H](OCc1ccccc1)[C@@H]2O. The molecular formula is C13H16O4. The van der Waals surface area contributed by atoms with Crippen LogP contribution in [-0.2, 0) is 20.8 Å². The molecule has 92 valence electrons. The van der Waals surface area contributed by atoms with Crippen LogP contribution in [0.15, 0.2) is 30.3 Å². The number of rotatable bonds is 3. The molecule has 0 spiro atoms. The zero-order chi connectivity index (χ0) is 11.9. The predicted octanol–water partition coefficient (Wildman–Crippen LogP) is 1.08. The molecule has 2 heterocycles. The second-order valence-electron chi connectivity index (χ2n) is 4.69. The molecule has 2 fully saturated rings. The van der Waals surface area contributed by atoms with E-state index in [2.05, 4.69) is 0 Å². The van der Waals surface area contributed by atoms with Crippen LogP contribution in [0.25, 0.3) is 0 Å². The van der Waals surface area contributed by atoms with E-state index >= 15 is 0 Å². The highest BCUT2D eigenvalue weighted by Gasteiger charge is 2.58. The molecule has 1 aromatic rings. The molecule has 0 amide bonds. The van der Waals surface area contributed by atoms with Gasteiger partial charge < -0.3 is 19.3 Å². The number of aliphatic hydroxyl groups is 1. The van der Waals surface area contributed by atoms with Crippen molar-refractivity contribution >= 4 is 0 Å². The lowest BCUT2D eigenvalue weighted by molar-refractivity contribution is -0.197.